The molecule has 1 aromatic rings. The van der Waals surface area contributed by atoms with Gasteiger partial charge in [0.2, 0.25) is 0 Å². The van der Waals surface area contributed by atoms with Gasteiger partial charge in [-0.3, -0.25) is 0 Å². The van der Waals surface area contributed by atoms with Crippen LogP contribution in [0.5, 0.6) is 0 Å². The fourth-order valence-corrected chi connectivity index (χ4v) is 1.00. The van der Waals surface area contributed by atoms with Crippen LogP contribution in [-0.2, 0) is 13.0 Å². The Kier molecular flexibility index (Phi) is 3.85. The third-order valence-corrected chi connectivity index (χ3v) is 1.73. The summed E-state index contributed by atoms with van der Waals surface area (Å²) >= 11 is 0. The number of aliphatic hydroxyl groups excluding tert-OH is 1. The van der Waals surface area contributed by atoms with E-state index in [0.29, 0.717) is 6.54 Å². The van der Waals surface area contributed by atoms with Gasteiger partial charge in [-0.05, 0) is 14.1 Å². The van der Waals surface area contributed by atoms with Crippen molar-refractivity contribution in [2.45, 2.75) is 13.0 Å². The number of hydrogen-bond donors (Lipinski definition) is 1. The molecule has 0 unspecified atom stereocenters. The Morgan fingerprint density at radius 1 is 1.54 bits per heavy atom. The molecule has 0 fully saturated rings. The summed E-state index contributed by atoms with van der Waals surface area (Å²) in [6.07, 6.45) is 2.78. The molecule has 1 heterocycles. The molecule has 0 amide bonds. The molecule has 0 bridgehead atoms. The van der Waals surface area contributed by atoms with Crippen LogP contribution in [0.4, 0.5) is 0 Å². The summed E-state index contributed by atoms with van der Waals surface area (Å²) in [5.41, 5.74) is 0.974. The van der Waals surface area contributed by atoms with E-state index in [2.05, 4.69) is 15.2 Å². The van der Waals surface area contributed by atoms with Gasteiger partial charge in [0.1, 0.15) is 0 Å². The lowest BCUT2D eigenvalue weighted by atomic mass is 10.3. The van der Waals surface area contributed by atoms with Crippen LogP contribution < -0.4 is 0 Å². The zero-order valence-corrected chi connectivity index (χ0v) is 8.14. The maximum absolute atomic E-state index is 8.65. The second kappa shape index (κ2) is 4.94. The van der Waals surface area contributed by atoms with E-state index in [1.54, 1.807) is 4.68 Å². The van der Waals surface area contributed by atoms with Crippen molar-refractivity contribution >= 4 is 0 Å². The first kappa shape index (κ1) is 10.1. The summed E-state index contributed by atoms with van der Waals surface area (Å²) < 4.78 is 1.66. The van der Waals surface area contributed by atoms with Crippen molar-refractivity contribution in [2.24, 2.45) is 0 Å². The lowest BCUT2D eigenvalue weighted by Crippen LogP contribution is -2.15. The third kappa shape index (κ3) is 3.52. The smallest absolute Gasteiger partial charge is 0.0839 e. The van der Waals surface area contributed by atoms with Crippen LogP contribution in [0.1, 0.15) is 5.69 Å². The van der Waals surface area contributed by atoms with Crippen molar-refractivity contribution in [3.8, 4) is 0 Å². The van der Waals surface area contributed by atoms with Crippen molar-refractivity contribution in [1.29, 1.82) is 0 Å². The zero-order chi connectivity index (χ0) is 9.68. The van der Waals surface area contributed by atoms with Gasteiger partial charge < -0.3 is 10.0 Å². The molecule has 0 aromatic carbocycles. The van der Waals surface area contributed by atoms with E-state index < -0.39 is 0 Å². The van der Waals surface area contributed by atoms with E-state index in [9.17, 15) is 0 Å². The fourth-order valence-electron chi connectivity index (χ4n) is 1.00. The number of aromatic nitrogens is 3. The van der Waals surface area contributed by atoms with Gasteiger partial charge in [0.25, 0.3) is 0 Å². The second-order valence-corrected chi connectivity index (χ2v) is 3.25. The van der Waals surface area contributed by atoms with Crippen molar-refractivity contribution in [3.63, 3.8) is 0 Å². The molecule has 0 radical (unpaired) electrons. The van der Waals surface area contributed by atoms with Crippen molar-refractivity contribution in [1.82, 2.24) is 19.9 Å². The quantitative estimate of drug-likeness (QED) is 0.662. The molecule has 5 heteroatoms. The first-order valence-corrected chi connectivity index (χ1v) is 4.37. The lowest BCUT2D eigenvalue weighted by molar-refractivity contribution is 0.268. The van der Waals surface area contributed by atoms with E-state index in [0.717, 1.165) is 18.7 Å². The van der Waals surface area contributed by atoms with Gasteiger partial charge in [0.05, 0.1) is 18.8 Å². The van der Waals surface area contributed by atoms with Gasteiger partial charge in [0, 0.05) is 19.2 Å². The van der Waals surface area contributed by atoms with E-state index in [-0.39, 0.29) is 6.61 Å². The molecule has 0 atom stereocenters. The van der Waals surface area contributed by atoms with Crippen molar-refractivity contribution < 1.29 is 5.11 Å². The molecule has 0 saturated carbocycles. The van der Waals surface area contributed by atoms with E-state index in [1.165, 1.54) is 0 Å². The van der Waals surface area contributed by atoms with Gasteiger partial charge in [0.15, 0.2) is 0 Å². The highest BCUT2D eigenvalue weighted by Gasteiger charge is 2.00. The first-order chi connectivity index (χ1) is 6.22. The molecule has 0 aliphatic carbocycles. The SMILES string of the molecule is CN(C)CCc1cn(CCO)nn1. The summed E-state index contributed by atoms with van der Waals surface area (Å²) in [6.45, 7) is 1.60. The molecule has 1 aromatic heterocycles. The summed E-state index contributed by atoms with van der Waals surface area (Å²) in [7, 11) is 4.05. The van der Waals surface area contributed by atoms with Crippen LogP contribution >= 0.6 is 0 Å². The molecule has 1 rings (SSSR count). The average molecular weight is 184 g/mol. The number of hydrogen-bond acceptors (Lipinski definition) is 4. The van der Waals surface area contributed by atoms with Crippen LogP contribution in [0.15, 0.2) is 6.20 Å². The van der Waals surface area contributed by atoms with Gasteiger partial charge in [-0.1, -0.05) is 5.21 Å². The largest absolute Gasteiger partial charge is 0.394 e. The molecule has 0 saturated heterocycles. The van der Waals surface area contributed by atoms with Gasteiger partial charge in [-0.15, -0.1) is 5.10 Å². The number of nitrogens with zero attached hydrogens (tertiary/aromatic N) is 4. The van der Waals surface area contributed by atoms with E-state index in [1.807, 2.05) is 20.3 Å². The summed E-state index contributed by atoms with van der Waals surface area (Å²) in [5.74, 6) is 0. The van der Waals surface area contributed by atoms with Crippen LogP contribution in [0.2, 0.25) is 0 Å². The molecule has 74 valence electrons. The standard InChI is InChI=1S/C8H16N4O/c1-11(2)4-3-8-7-12(5-6-13)10-9-8/h7,13H,3-6H2,1-2H3. The predicted molar refractivity (Wildman–Crippen MR) is 49.4 cm³/mol. The highest BCUT2D eigenvalue weighted by Crippen LogP contribution is 1.94. The molecular formula is C8H16N4O. The maximum Gasteiger partial charge on any atom is 0.0839 e. The zero-order valence-electron chi connectivity index (χ0n) is 8.14. The Morgan fingerprint density at radius 3 is 2.92 bits per heavy atom. The van der Waals surface area contributed by atoms with Crippen LogP contribution in [0.3, 0.4) is 0 Å². The normalized spacial score (nSPS) is 11.1. The van der Waals surface area contributed by atoms with Crippen molar-refractivity contribution in [2.75, 3.05) is 27.2 Å². The van der Waals surface area contributed by atoms with Gasteiger partial charge >= 0.3 is 0 Å². The Bertz CT molecular complexity index is 246. The topological polar surface area (TPSA) is 54.2 Å². The summed E-state index contributed by atoms with van der Waals surface area (Å²) in [4.78, 5) is 2.10. The number of aliphatic hydroxyl groups is 1. The molecule has 0 aliphatic rings. The average Bonchev–Trinajstić information content (AvgIpc) is 2.50. The summed E-state index contributed by atoms with van der Waals surface area (Å²) in [6, 6.07) is 0. The predicted octanol–water partition coefficient (Wildman–Crippen LogP) is -0.626. The minimum absolute atomic E-state index is 0.108. The molecule has 0 spiro atoms. The highest BCUT2D eigenvalue weighted by molar-refractivity contribution is 4.92. The third-order valence-electron chi connectivity index (χ3n) is 1.73. The molecule has 5 nitrogen and oxygen atoms in total. The Labute approximate surface area is 78.0 Å². The Morgan fingerprint density at radius 2 is 2.31 bits per heavy atom. The number of likely N-dealkylation sites (N-methyl/N-ethyl adjacent to an activating group) is 1. The minimum atomic E-state index is 0.108. The van der Waals surface area contributed by atoms with Gasteiger partial charge in [-0.25, -0.2) is 4.68 Å². The minimum Gasteiger partial charge on any atom is -0.394 e. The fraction of sp³-hybridized carbons (Fsp3) is 0.750. The summed E-state index contributed by atoms with van der Waals surface area (Å²) in [5, 5.41) is 16.5. The van der Waals surface area contributed by atoms with E-state index >= 15 is 0 Å². The highest BCUT2D eigenvalue weighted by atomic mass is 16.3. The van der Waals surface area contributed by atoms with E-state index in [4.69, 9.17) is 5.11 Å². The molecular weight excluding hydrogens is 168 g/mol. The second-order valence-electron chi connectivity index (χ2n) is 3.25. The van der Waals surface area contributed by atoms with Crippen LogP contribution in [0.25, 0.3) is 0 Å². The Hall–Kier alpha value is -0.940. The number of rotatable bonds is 5. The molecule has 0 aliphatic heterocycles. The van der Waals surface area contributed by atoms with Gasteiger partial charge in [-0.2, -0.15) is 0 Å². The van der Waals surface area contributed by atoms with Crippen molar-refractivity contribution in [3.05, 3.63) is 11.9 Å². The lowest BCUT2D eigenvalue weighted by Gasteiger charge is -2.06. The molecule has 13 heavy (non-hydrogen) atoms. The maximum atomic E-state index is 8.65. The Balaban J connectivity index is 2.39. The van der Waals surface area contributed by atoms with Crippen LogP contribution in [0, 0.1) is 0 Å². The molecule has 1 N–H and O–H groups in total. The van der Waals surface area contributed by atoms with Crippen LogP contribution in [-0.4, -0.2) is 52.2 Å². The first-order valence-electron chi connectivity index (χ1n) is 4.37. The monoisotopic (exact) mass is 184 g/mol.